The van der Waals surface area contributed by atoms with Crippen LogP contribution in [0.3, 0.4) is 0 Å². The Kier molecular flexibility index (Phi) is 4.22. The number of rotatable bonds is 3. The molecule has 0 spiro atoms. The van der Waals surface area contributed by atoms with Gasteiger partial charge in [-0.3, -0.25) is 0 Å². The van der Waals surface area contributed by atoms with Crippen molar-refractivity contribution in [2.45, 2.75) is 32.7 Å². The number of hydrogen-bond acceptors (Lipinski definition) is 4. The van der Waals surface area contributed by atoms with Crippen LogP contribution in [0.5, 0.6) is 0 Å². The molecule has 2 aliphatic rings. The highest BCUT2D eigenvalue weighted by molar-refractivity contribution is 5.29. The van der Waals surface area contributed by atoms with Crippen molar-refractivity contribution in [1.82, 2.24) is 0 Å². The molecule has 2 rings (SSSR count). The lowest BCUT2D eigenvalue weighted by Crippen LogP contribution is -2.44. The normalized spacial score (nSPS) is 30.0. The smallest absolute Gasteiger partial charge is 0.164 e. The zero-order valence-corrected chi connectivity index (χ0v) is 11.0. The Bertz CT molecular complexity index is 340. The van der Waals surface area contributed by atoms with Gasteiger partial charge in [-0.2, -0.15) is 0 Å². The van der Waals surface area contributed by atoms with E-state index in [4.69, 9.17) is 9.47 Å². The van der Waals surface area contributed by atoms with Crippen molar-refractivity contribution in [3.05, 3.63) is 23.8 Å². The van der Waals surface area contributed by atoms with Gasteiger partial charge in [0.2, 0.25) is 0 Å². The minimum atomic E-state index is -0.853. The average molecular weight is 254 g/mol. The predicted octanol–water partition coefficient (Wildman–Crippen LogP) is 1.24. The molecule has 18 heavy (non-hydrogen) atoms. The summed E-state index contributed by atoms with van der Waals surface area (Å²) in [4.78, 5) is 0. The van der Waals surface area contributed by atoms with E-state index in [1.807, 2.05) is 12.2 Å². The molecule has 1 aliphatic heterocycles. The second-order valence-electron chi connectivity index (χ2n) is 5.49. The Morgan fingerprint density at radius 3 is 2.67 bits per heavy atom. The van der Waals surface area contributed by atoms with Crippen LogP contribution >= 0.6 is 0 Å². The van der Waals surface area contributed by atoms with Crippen molar-refractivity contribution >= 4 is 0 Å². The number of aliphatic hydroxyl groups is 2. The molecule has 0 aromatic carbocycles. The van der Waals surface area contributed by atoms with Crippen LogP contribution in [0.4, 0.5) is 0 Å². The van der Waals surface area contributed by atoms with Crippen LogP contribution in [0.25, 0.3) is 0 Å². The third-order valence-corrected chi connectivity index (χ3v) is 3.66. The molecule has 0 saturated carbocycles. The van der Waals surface area contributed by atoms with Crippen molar-refractivity contribution < 1.29 is 19.7 Å². The summed E-state index contributed by atoms with van der Waals surface area (Å²) >= 11 is 0. The fourth-order valence-electron chi connectivity index (χ4n) is 2.67. The molecule has 4 heteroatoms. The van der Waals surface area contributed by atoms with E-state index in [0.717, 1.165) is 12.0 Å². The van der Waals surface area contributed by atoms with E-state index >= 15 is 0 Å². The molecule has 1 saturated heterocycles. The lowest BCUT2D eigenvalue weighted by Gasteiger charge is -2.42. The molecular weight excluding hydrogens is 232 g/mol. The molecule has 1 aliphatic carbocycles. The number of hydrogen-bond donors (Lipinski definition) is 2. The summed E-state index contributed by atoms with van der Waals surface area (Å²) in [6, 6.07) is 0. The van der Waals surface area contributed by atoms with Gasteiger partial charge in [0.1, 0.15) is 0 Å². The van der Waals surface area contributed by atoms with Crippen LogP contribution in [0.1, 0.15) is 20.3 Å². The van der Waals surface area contributed by atoms with Gasteiger partial charge in [0.15, 0.2) is 6.29 Å². The molecular formula is C14H22O4. The van der Waals surface area contributed by atoms with Gasteiger partial charge >= 0.3 is 0 Å². The first kappa shape index (κ1) is 13.7. The molecule has 2 unspecified atom stereocenters. The average Bonchev–Trinajstić information content (AvgIpc) is 2.37. The zero-order valence-electron chi connectivity index (χ0n) is 11.0. The fraction of sp³-hybridized carbons (Fsp3) is 0.714. The number of aliphatic hydroxyl groups excluding tert-OH is 2. The minimum absolute atomic E-state index is 0.0649. The summed E-state index contributed by atoms with van der Waals surface area (Å²) in [7, 11) is 0. The topological polar surface area (TPSA) is 58.9 Å². The lowest BCUT2D eigenvalue weighted by atomic mass is 9.70. The number of ether oxygens (including phenoxy) is 2. The van der Waals surface area contributed by atoms with Crippen LogP contribution in [-0.2, 0) is 9.47 Å². The molecule has 102 valence electrons. The third kappa shape index (κ3) is 2.67. The standard InChI is InChI=1S/C14H22O4/c1-14(2)6-3-5-10(11(16)9-15)12(14)13-17-7-4-8-18-13/h3,5-6,11-13,15-16H,4,7-9H2,1-2H3. The SMILES string of the molecule is CC1(C)C=CC=C(C(O)CO)C1C1OCCCO1. The molecule has 1 fully saturated rings. The highest BCUT2D eigenvalue weighted by Gasteiger charge is 2.42. The summed E-state index contributed by atoms with van der Waals surface area (Å²) in [5, 5.41) is 19.1. The molecule has 0 bridgehead atoms. The molecule has 4 nitrogen and oxygen atoms in total. The maximum Gasteiger partial charge on any atom is 0.164 e. The second-order valence-corrected chi connectivity index (χ2v) is 5.49. The van der Waals surface area contributed by atoms with E-state index in [1.54, 1.807) is 0 Å². The first-order valence-corrected chi connectivity index (χ1v) is 6.47. The Balaban J connectivity index is 2.25. The van der Waals surface area contributed by atoms with Crippen molar-refractivity contribution in [2.24, 2.45) is 11.3 Å². The van der Waals surface area contributed by atoms with Crippen LogP contribution < -0.4 is 0 Å². The van der Waals surface area contributed by atoms with Gasteiger partial charge in [0, 0.05) is 5.92 Å². The molecule has 2 N–H and O–H groups in total. The summed E-state index contributed by atoms with van der Waals surface area (Å²) in [6.45, 7) is 5.27. The largest absolute Gasteiger partial charge is 0.393 e. The van der Waals surface area contributed by atoms with E-state index in [-0.39, 0.29) is 24.2 Å². The van der Waals surface area contributed by atoms with Crippen LogP contribution in [0, 0.1) is 11.3 Å². The molecule has 0 amide bonds. The van der Waals surface area contributed by atoms with Crippen molar-refractivity contribution in [3.8, 4) is 0 Å². The van der Waals surface area contributed by atoms with Crippen molar-refractivity contribution in [2.75, 3.05) is 19.8 Å². The van der Waals surface area contributed by atoms with Gasteiger partial charge in [-0.1, -0.05) is 32.1 Å². The van der Waals surface area contributed by atoms with E-state index < -0.39 is 6.10 Å². The van der Waals surface area contributed by atoms with Gasteiger partial charge in [-0.25, -0.2) is 0 Å². The molecule has 0 aromatic heterocycles. The summed E-state index contributed by atoms with van der Waals surface area (Å²) < 4.78 is 11.4. The summed E-state index contributed by atoms with van der Waals surface area (Å²) in [5.74, 6) is -0.0649. The van der Waals surface area contributed by atoms with Gasteiger partial charge < -0.3 is 19.7 Å². The summed E-state index contributed by atoms with van der Waals surface area (Å²) in [5.41, 5.74) is 0.624. The second kappa shape index (κ2) is 5.53. The van der Waals surface area contributed by atoms with Gasteiger partial charge in [0.25, 0.3) is 0 Å². The Labute approximate surface area is 108 Å². The van der Waals surface area contributed by atoms with E-state index in [0.29, 0.717) is 13.2 Å². The Hall–Kier alpha value is -0.680. The lowest BCUT2D eigenvalue weighted by molar-refractivity contribution is -0.213. The first-order valence-electron chi connectivity index (χ1n) is 6.47. The van der Waals surface area contributed by atoms with E-state index in [2.05, 4.69) is 19.9 Å². The fourth-order valence-corrected chi connectivity index (χ4v) is 2.67. The van der Waals surface area contributed by atoms with Gasteiger partial charge in [-0.15, -0.1) is 0 Å². The quantitative estimate of drug-likeness (QED) is 0.795. The molecule has 0 aromatic rings. The molecule has 2 atom stereocenters. The third-order valence-electron chi connectivity index (χ3n) is 3.66. The maximum atomic E-state index is 9.95. The van der Waals surface area contributed by atoms with Crippen LogP contribution in [0.2, 0.25) is 0 Å². The Morgan fingerprint density at radius 2 is 2.06 bits per heavy atom. The van der Waals surface area contributed by atoms with Gasteiger partial charge in [0.05, 0.1) is 25.9 Å². The molecule has 1 heterocycles. The number of allylic oxidation sites excluding steroid dienone is 3. The highest BCUT2D eigenvalue weighted by Crippen LogP contribution is 2.42. The van der Waals surface area contributed by atoms with E-state index in [9.17, 15) is 10.2 Å². The van der Waals surface area contributed by atoms with E-state index in [1.165, 1.54) is 0 Å². The van der Waals surface area contributed by atoms with Crippen molar-refractivity contribution in [1.29, 1.82) is 0 Å². The predicted molar refractivity (Wildman–Crippen MR) is 67.9 cm³/mol. The van der Waals surface area contributed by atoms with Crippen molar-refractivity contribution in [3.63, 3.8) is 0 Å². The van der Waals surface area contributed by atoms with Crippen LogP contribution in [-0.4, -0.2) is 42.4 Å². The van der Waals surface area contributed by atoms with Gasteiger partial charge in [-0.05, 0) is 17.4 Å². The maximum absolute atomic E-state index is 9.95. The Morgan fingerprint density at radius 1 is 1.39 bits per heavy atom. The summed E-state index contributed by atoms with van der Waals surface area (Å²) in [6.07, 6.45) is 5.58. The monoisotopic (exact) mass is 254 g/mol. The van der Waals surface area contributed by atoms with Crippen LogP contribution in [0.15, 0.2) is 23.8 Å². The molecule has 0 radical (unpaired) electrons. The first-order chi connectivity index (χ1) is 8.56. The zero-order chi connectivity index (χ0) is 13.2. The minimum Gasteiger partial charge on any atom is -0.393 e. The highest BCUT2D eigenvalue weighted by atomic mass is 16.7.